The van der Waals surface area contributed by atoms with Crippen LogP contribution in [0.4, 0.5) is 5.69 Å². The van der Waals surface area contributed by atoms with Crippen molar-refractivity contribution in [3.05, 3.63) is 23.2 Å². The van der Waals surface area contributed by atoms with E-state index in [-0.39, 0.29) is 17.9 Å². The summed E-state index contributed by atoms with van der Waals surface area (Å²) in [5.74, 6) is 0.401. The van der Waals surface area contributed by atoms with Crippen molar-refractivity contribution >= 4 is 23.2 Å². The Bertz CT molecular complexity index is 504. The van der Waals surface area contributed by atoms with Gasteiger partial charge in [-0.25, -0.2) is 0 Å². The number of hydrogen-bond donors (Lipinski definition) is 2. The van der Waals surface area contributed by atoms with Gasteiger partial charge in [0.1, 0.15) is 12.4 Å². The van der Waals surface area contributed by atoms with Crippen LogP contribution in [0.1, 0.15) is 19.8 Å². The molecule has 1 aliphatic heterocycles. The first kappa shape index (κ1) is 17.1. The van der Waals surface area contributed by atoms with Crippen LogP contribution in [-0.4, -0.2) is 38.8 Å². The van der Waals surface area contributed by atoms with Crippen molar-refractivity contribution in [3.63, 3.8) is 0 Å². The van der Waals surface area contributed by atoms with Crippen molar-refractivity contribution in [2.75, 3.05) is 32.1 Å². The maximum atomic E-state index is 12.2. The Hall–Kier alpha value is -1.30. The molecule has 0 saturated carbocycles. The minimum atomic E-state index is -0.144. The number of carbonyl (C=O) groups is 1. The first-order valence-corrected chi connectivity index (χ1v) is 7.97. The molecule has 2 rings (SSSR count). The zero-order valence-electron chi connectivity index (χ0n) is 13.0. The number of ether oxygens (including phenoxy) is 2. The Morgan fingerprint density at radius 3 is 3.05 bits per heavy atom. The molecule has 1 aromatic carbocycles. The maximum absolute atomic E-state index is 12.2. The molecule has 0 aromatic heterocycles. The van der Waals surface area contributed by atoms with Crippen LogP contribution in [0.5, 0.6) is 5.75 Å². The molecule has 1 fully saturated rings. The summed E-state index contributed by atoms with van der Waals surface area (Å²) in [5.41, 5.74) is 0.596. The van der Waals surface area contributed by atoms with E-state index in [4.69, 9.17) is 21.1 Å². The number of rotatable bonds is 7. The molecule has 1 amide bonds. The lowest BCUT2D eigenvalue weighted by atomic mass is 10.1. The molecule has 1 aromatic rings. The number of nitrogens with one attached hydrogen (secondary N) is 2. The van der Waals surface area contributed by atoms with Crippen molar-refractivity contribution in [3.8, 4) is 5.75 Å². The summed E-state index contributed by atoms with van der Waals surface area (Å²) in [5, 5.41) is 6.43. The van der Waals surface area contributed by atoms with Gasteiger partial charge in [-0.05, 0) is 38.1 Å². The highest BCUT2D eigenvalue weighted by Crippen LogP contribution is 2.29. The summed E-state index contributed by atoms with van der Waals surface area (Å²) in [6.07, 6.45) is 2.20. The van der Waals surface area contributed by atoms with Crippen LogP contribution < -0.4 is 15.4 Å². The zero-order chi connectivity index (χ0) is 15.9. The quantitative estimate of drug-likeness (QED) is 0.809. The zero-order valence-corrected chi connectivity index (χ0v) is 13.8. The maximum Gasteiger partial charge on any atom is 0.228 e. The fourth-order valence-corrected chi connectivity index (χ4v) is 2.51. The Morgan fingerprint density at radius 2 is 2.36 bits per heavy atom. The number of amides is 1. The van der Waals surface area contributed by atoms with Crippen molar-refractivity contribution in [2.45, 2.75) is 25.9 Å². The molecular formula is C16H23ClN2O3. The van der Waals surface area contributed by atoms with Gasteiger partial charge in [0.2, 0.25) is 5.91 Å². The summed E-state index contributed by atoms with van der Waals surface area (Å²) in [6, 6.07) is 5.23. The predicted molar refractivity (Wildman–Crippen MR) is 87.6 cm³/mol. The monoisotopic (exact) mass is 326 g/mol. The van der Waals surface area contributed by atoms with Crippen molar-refractivity contribution in [1.29, 1.82) is 0 Å². The second-order valence-corrected chi connectivity index (χ2v) is 5.97. The number of carbonyl (C=O) groups excluding carboxylic acids is 1. The van der Waals surface area contributed by atoms with Gasteiger partial charge >= 0.3 is 0 Å². The van der Waals surface area contributed by atoms with Crippen molar-refractivity contribution < 1.29 is 14.3 Å². The largest absolute Gasteiger partial charge is 0.489 e. The van der Waals surface area contributed by atoms with E-state index in [9.17, 15) is 4.79 Å². The molecule has 2 N–H and O–H groups in total. The van der Waals surface area contributed by atoms with Crippen LogP contribution in [0.25, 0.3) is 0 Å². The molecule has 1 saturated heterocycles. The van der Waals surface area contributed by atoms with Crippen molar-refractivity contribution in [2.24, 2.45) is 5.92 Å². The van der Waals surface area contributed by atoms with E-state index in [0.29, 0.717) is 29.6 Å². The highest BCUT2D eigenvalue weighted by Gasteiger charge is 2.18. The standard InChI is InChI=1S/C16H23ClN2O3/c1-11(9-18-2)16(20)19-14-8-12(17)5-6-15(14)22-10-13-4-3-7-21-13/h5-6,8,11,13,18H,3-4,7,9-10H2,1-2H3,(H,19,20). The first-order valence-electron chi connectivity index (χ1n) is 7.59. The van der Waals surface area contributed by atoms with Crippen molar-refractivity contribution in [1.82, 2.24) is 5.32 Å². The lowest BCUT2D eigenvalue weighted by Gasteiger charge is -2.17. The third kappa shape index (κ3) is 4.87. The van der Waals surface area contributed by atoms with E-state index in [0.717, 1.165) is 19.4 Å². The van der Waals surface area contributed by atoms with Crippen LogP contribution in [0.2, 0.25) is 5.02 Å². The SMILES string of the molecule is CNCC(C)C(=O)Nc1cc(Cl)ccc1OCC1CCCO1. The van der Waals surface area contributed by atoms with E-state index in [1.54, 1.807) is 18.2 Å². The fraction of sp³-hybridized carbons (Fsp3) is 0.562. The van der Waals surface area contributed by atoms with Gasteiger partial charge in [0.05, 0.1) is 11.8 Å². The van der Waals surface area contributed by atoms with E-state index >= 15 is 0 Å². The summed E-state index contributed by atoms with van der Waals surface area (Å²) in [6.45, 7) is 3.75. The van der Waals surface area contributed by atoms with E-state index in [1.165, 1.54) is 0 Å². The van der Waals surface area contributed by atoms with Crippen LogP contribution in [0.3, 0.4) is 0 Å². The molecule has 0 bridgehead atoms. The van der Waals surface area contributed by atoms with Gasteiger partial charge in [-0.3, -0.25) is 4.79 Å². The summed E-state index contributed by atoms with van der Waals surface area (Å²) in [7, 11) is 1.82. The Kier molecular flexibility index (Phi) is 6.49. The number of anilines is 1. The summed E-state index contributed by atoms with van der Waals surface area (Å²) < 4.78 is 11.3. The van der Waals surface area contributed by atoms with Gasteiger partial charge in [-0.2, -0.15) is 0 Å². The highest BCUT2D eigenvalue weighted by molar-refractivity contribution is 6.31. The van der Waals surface area contributed by atoms with E-state index in [1.807, 2.05) is 14.0 Å². The van der Waals surface area contributed by atoms with Gasteiger partial charge in [0.15, 0.2) is 0 Å². The summed E-state index contributed by atoms with van der Waals surface area (Å²) in [4.78, 5) is 12.2. The Balaban J connectivity index is 2.01. The molecule has 5 nitrogen and oxygen atoms in total. The normalized spacial score (nSPS) is 19.0. The van der Waals surface area contributed by atoms with Crippen LogP contribution in [0.15, 0.2) is 18.2 Å². The third-order valence-corrected chi connectivity index (χ3v) is 3.84. The average Bonchev–Trinajstić information content (AvgIpc) is 3.00. The molecule has 0 spiro atoms. The molecular weight excluding hydrogens is 304 g/mol. The number of benzene rings is 1. The van der Waals surface area contributed by atoms with Gasteiger partial charge in [-0.1, -0.05) is 18.5 Å². The minimum absolute atomic E-state index is 0.0708. The Morgan fingerprint density at radius 1 is 1.55 bits per heavy atom. The lowest BCUT2D eigenvalue weighted by Crippen LogP contribution is -2.29. The molecule has 0 radical (unpaired) electrons. The number of hydrogen-bond acceptors (Lipinski definition) is 4. The highest BCUT2D eigenvalue weighted by atomic mass is 35.5. The van der Waals surface area contributed by atoms with Gasteiger partial charge in [-0.15, -0.1) is 0 Å². The predicted octanol–water partition coefficient (Wildman–Crippen LogP) is 2.69. The Labute approximate surface area is 136 Å². The topological polar surface area (TPSA) is 59.6 Å². The third-order valence-electron chi connectivity index (χ3n) is 3.61. The molecule has 122 valence electrons. The molecule has 0 aliphatic carbocycles. The molecule has 2 unspecified atom stereocenters. The van der Waals surface area contributed by atoms with E-state index < -0.39 is 0 Å². The van der Waals surface area contributed by atoms with Gasteiger partial charge in [0.25, 0.3) is 0 Å². The van der Waals surface area contributed by atoms with Crippen LogP contribution in [-0.2, 0) is 9.53 Å². The van der Waals surface area contributed by atoms with E-state index in [2.05, 4.69) is 10.6 Å². The minimum Gasteiger partial charge on any atom is -0.489 e. The molecule has 1 heterocycles. The first-order chi connectivity index (χ1) is 10.6. The van der Waals surface area contributed by atoms with Crippen LogP contribution in [0, 0.1) is 5.92 Å². The number of halogens is 1. The van der Waals surface area contributed by atoms with Gasteiger partial charge in [0, 0.05) is 24.1 Å². The summed E-state index contributed by atoms with van der Waals surface area (Å²) >= 11 is 6.02. The molecule has 6 heteroatoms. The average molecular weight is 327 g/mol. The second kappa shape index (κ2) is 8.36. The van der Waals surface area contributed by atoms with Crippen LogP contribution >= 0.6 is 11.6 Å². The molecule has 1 aliphatic rings. The smallest absolute Gasteiger partial charge is 0.228 e. The lowest BCUT2D eigenvalue weighted by molar-refractivity contribution is -0.119. The fourth-order valence-electron chi connectivity index (χ4n) is 2.34. The molecule has 22 heavy (non-hydrogen) atoms. The second-order valence-electron chi connectivity index (χ2n) is 5.53. The van der Waals surface area contributed by atoms with Gasteiger partial charge < -0.3 is 20.1 Å². The molecule has 2 atom stereocenters.